The third kappa shape index (κ3) is 4.98. The fourth-order valence-corrected chi connectivity index (χ4v) is 1.73. The van der Waals surface area contributed by atoms with E-state index in [4.69, 9.17) is 11.6 Å². The number of halogens is 2. The smallest absolute Gasteiger partial charge is 0.0548 e. The molecule has 0 unspecified atom stereocenters. The van der Waals surface area contributed by atoms with Gasteiger partial charge >= 0.3 is 0 Å². The molecule has 1 N–H and O–H groups in total. The Labute approximate surface area is 105 Å². The Balaban J connectivity index is 2.35. The van der Waals surface area contributed by atoms with Gasteiger partial charge in [0.1, 0.15) is 0 Å². The van der Waals surface area contributed by atoms with Gasteiger partial charge in [0, 0.05) is 24.1 Å². The molecular formula is C11H16BrClN2. The van der Waals surface area contributed by atoms with Crippen molar-refractivity contribution in [2.24, 2.45) is 0 Å². The van der Waals surface area contributed by atoms with Crippen LogP contribution in [-0.4, -0.2) is 32.1 Å². The van der Waals surface area contributed by atoms with Crippen molar-refractivity contribution >= 4 is 27.5 Å². The van der Waals surface area contributed by atoms with Crippen LogP contribution in [0.4, 0.5) is 0 Å². The van der Waals surface area contributed by atoms with Crippen molar-refractivity contribution in [2.45, 2.75) is 6.54 Å². The molecule has 84 valence electrons. The minimum Gasteiger partial charge on any atom is -0.311 e. The van der Waals surface area contributed by atoms with Crippen molar-refractivity contribution in [1.29, 1.82) is 0 Å². The van der Waals surface area contributed by atoms with Gasteiger partial charge in [-0.1, -0.05) is 17.7 Å². The molecule has 1 aromatic rings. The highest BCUT2D eigenvalue weighted by molar-refractivity contribution is 9.10. The predicted molar refractivity (Wildman–Crippen MR) is 69.4 cm³/mol. The second-order valence-electron chi connectivity index (χ2n) is 3.73. The van der Waals surface area contributed by atoms with Gasteiger partial charge in [-0.3, -0.25) is 0 Å². The lowest BCUT2D eigenvalue weighted by Crippen LogP contribution is -2.26. The quantitative estimate of drug-likeness (QED) is 0.839. The van der Waals surface area contributed by atoms with E-state index in [1.54, 1.807) is 0 Å². The van der Waals surface area contributed by atoms with Crippen LogP contribution in [0.1, 0.15) is 5.56 Å². The maximum Gasteiger partial charge on any atom is 0.0548 e. The summed E-state index contributed by atoms with van der Waals surface area (Å²) in [7, 11) is 4.14. The van der Waals surface area contributed by atoms with E-state index < -0.39 is 0 Å². The second-order valence-corrected chi connectivity index (χ2v) is 4.99. The maximum atomic E-state index is 5.91. The van der Waals surface area contributed by atoms with Gasteiger partial charge < -0.3 is 10.2 Å². The topological polar surface area (TPSA) is 15.3 Å². The number of likely N-dealkylation sites (N-methyl/N-ethyl adjacent to an activating group) is 1. The summed E-state index contributed by atoms with van der Waals surface area (Å²) >= 11 is 9.32. The lowest BCUT2D eigenvalue weighted by atomic mass is 10.2. The van der Waals surface area contributed by atoms with Crippen molar-refractivity contribution in [3.05, 3.63) is 33.3 Å². The summed E-state index contributed by atoms with van der Waals surface area (Å²) in [6.45, 7) is 2.92. The molecule has 0 aromatic heterocycles. The Kier molecular flexibility index (Phi) is 5.61. The second kappa shape index (κ2) is 6.48. The number of rotatable bonds is 5. The van der Waals surface area contributed by atoms with Crippen LogP contribution in [0.25, 0.3) is 0 Å². The zero-order valence-electron chi connectivity index (χ0n) is 9.06. The minimum absolute atomic E-state index is 0.757. The lowest BCUT2D eigenvalue weighted by Gasteiger charge is -2.10. The van der Waals surface area contributed by atoms with Gasteiger partial charge in [0.2, 0.25) is 0 Å². The van der Waals surface area contributed by atoms with Gasteiger partial charge in [0.15, 0.2) is 0 Å². The van der Waals surface area contributed by atoms with Crippen LogP contribution in [-0.2, 0) is 6.54 Å². The average Bonchev–Trinajstić information content (AvgIpc) is 2.18. The Hall–Kier alpha value is -0.0900. The Morgan fingerprint density at radius 1 is 1.40 bits per heavy atom. The lowest BCUT2D eigenvalue weighted by molar-refractivity contribution is 0.400. The molecule has 0 aliphatic carbocycles. The average molecular weight is 292 g/mol. The van der Waals surface area contributed by atoms with Crippen molar-refractivity contribution in [1.82, 2.24) is 10.2 Å². The molecule has 0 saturated heterocycles. The van der Waals surface area contributed by atoms with E-state index >= 15 is 0 Å². The maximum absolute atomic E-state index is 5.91. The van der Waals surface area contributed by atoms with Crippen molar-refractivity contribution in [3.8, 4) is 0 Å². The summed E-state index contributed by atoms with van der Waals surface area (Å²) in [6, 6.07) is 6.00. The summed E-state index contributed by atoms with van der Waals surface area (Å²) in [6.07, 6.45) is 0. The van der Waals surface area contributed by atoms with Gasteiger partial charge in [-0.2, -0.15) is 0 Å². The largest absolute Gasteiger partial charge is 0.311 e. The molecule has 0 radical (unpaired) electrons. The molecule has 0 bridgehead atoms. The number of hydrogen-bond acceptors (Lipinski definition) is 2. The van der Waals surface area contributed by atoms with Gasteiger partial charge in [-0.05, 0) is 47.7 Å². The standard InChI is InChI=1S/C11H16BrClN2/c1-15(2)6-5-14-8-9-3-4-11(13)10(12)7-9/h3-4,7,14H,5-6,8H2,1-2H3. The first-order chi connectivity index (χ1) is 7.09. The van der Waals surface area contributed by atoms with E-state index in [2.05, 4.69) is 40.2 Å². The van der Waals surface area contributed by atoms with Crippen LogP contribution in [0, 0.1) is 0 Å². The van der Waals surface area contributed by atoms with E-state index in [-0.39, 0.29) is 0 Å². The molecule has 0 fully saturated rings. The number of nitrogens with zero attached hydrogens (tertiary/aromatic N) is 1. The third-order valence-corrected chi connectivity index (χ3v) is 3.26. The predicted octanol–water partition coefficient (Wildman–Crippen LogP) is 2.75. The Morgan fingerprint density at radius 3 is 2.73 bits per heavy atom. The van der Waals surface area contributed by atoms with Crippen molar-refractivity contribution < 1.29 is 0 Å². The fourth-order valence-electron chi connectivity index (χ4n) is 1.18. The summed E-state index contributed by atoms with van der Waals surface area (Å²) in [5.74, 6) is 0. The number of hydrogen-bond donors (Lipinski definition) is 1. The molecule has 0 heterocycles. The van der Waals surface area contributed by atoms with E-state index in [0.717, 1.165) is 29.1 Å². The highest BCUT2D eigenvalue weighted by atomic mass is 79.9. The molecule has 4 heteroatoms. The first-order valence-electron chi connectivity index (χ1n) is 4.89. The first kappa shape index (κ1) is 13.0. The van der Waals surface area contributed by atoms with Gasteiger partial charge in [0.25, 0.3) is 0 Å². The molecule has 0 aliphatic heterocycles. The van der Waals surface area contributed by atoms with Crippen LogP contribution < -0.4 is 5.32 Å². The zero-order chi connectivity index (χ0) is 11.3. The molecule has 0 atom stereocenters. The molecule has 1 rings (SSSR count). The zero-order valence-corrected chi connectivity index (χ0v) is 11.4. The summed E-state index contributed by atoms with van der Waals surface area (Å²) in [4.78, 5) is 2.16. The monoisotopic (exact) mass is 290 g/mol. The highest BCUT2D eigenvalue weighted by Gasteiger charge is 1.98. The Morgan fingerprint density at radius 2 is 2.13 bits per heavy atom. The normalized spacial score (nSPS) is 11.0. The molecule has 15 heavy (non-hydrogen) atoms. The van der Waals surface area contributed by atoms with Gasteiger partial charge in [-0.25, -0.2) is 0 Å². The number of nitrogens with one attached hydrogen (secondary N) is 1. The molecule has 2 nitrogen and oxygen atoms in total. The van der Waals surface area contributed by atoms with Crippen LogP contribution in [0.15, 0.2) is 22.7 Å². The molecule has 0 aliphatic rings. The van der Waals surface area contributed by atoms with Crippen LogP contribution in [0.3, 0.4) is 0 Å². The third-order valence-electron chi connectivity index (χ3n) is 2.05. The molecule has 0 saturated carbocycles. The summed E-state index contributed by atoms with van der Waals surface area (Å²) < 4.78 is 0.955. The van der Waals surface area contributed by atoms with Crippen LogP contribution in [0.2, 0.25) is 5.02 Å². The summed E-state index contributed by atoms with van der Waals surface area (Å²) in [5.41, 5.74) is 1.24. The molecular weight excluding hydrogens is 275 g/mol. The van der Waals surface area contributed by atoms with E-state index in [1.165, 1.54) is 5.56 Å². The number of benzene rings is 1. The van der Waals surface area contributed by atoms with Gasteiger partial charge in [0.05, 0.1) is 5.02 Å². The first-order valence-corrected chi connectivity index (χ1v) is 6.06. The van der Waals surface area contributed by atoms with E-state index in [0.29, 0.717) is 0 Å². The molecule has 0 spiro atoms. The van der Waals surface area contributed by atoms with Crippen LogP contribution in [0.5, 0.6) is 0 Å². The van der Waals surface area contributed by atoms with Gasteiger partial charge in [-0.15, -0.1) is 0 Å². The van der Waals surface area contributed by atoms with Crippen molar-refractivity contribution in [2.75, 3.05) is 27.2 Å². The molecule has 1 aromatic carbocycles. The molecule has 0 amide bonds. The fraction of sp³-hybridized carbons (Fsp3) is 0.455. The van der Waals surface area contributed by atoms with Crippen LogP contribution >= 0.6 is 27.5 Å². The SMILES string of the molecule is CN(C)CCNCc1ccc(Cl)c(Br)c1. The van der Waals surface area contributed by atoms with E-state index in [9.17, 15) is 0 Å². The Bertz CT molecular complexity index is 315. The minimum atomic E-state index is 0.757. The van der Waals surface area contributed by atoms with Crippen molar-refractivity contribution in [3.63, 3.8) is 0 Å². The van der Waals surface area contributed by atoms with E-state index in [1.807, 2.05) is 18.2 Å². The highest BCUT2D eigenvalue weighted by Crippen LogP contribution is 2.22. The summed E-state index contributed by atoms with van der Waals surface area (Å²) in [5, 5.41) is 4.13.